The highest BCUT2D eigenvalue weighted by Gasteiger charge is 2.11. The molecule has 1 rings (SSSR count). The van der Waals surface area contributed by atoms with E-state index in [1.165, 1.54) is 6.07 Å². The molecule has 0 amide bonds. The van der Waals surface area contributed by atoms with Gasteiger partial charge in [0.1, 0.15) is 5.82 Å². The summed E-state index contributed by atoms with van der Waals surface area (Å²) in [5.74, 6) is 0.947. The second-order valence-electron chi connectivity index (χ2n) is 4.46. The highest BCUT2D eigenvalue weighted by atomic mass is 32.2. The number of nitrogens with zero attached hydrogens (tertiary/aromatic N) is 1. The molecule has 0 aromatic heterocycles. The van der Waals surface area contributed by atoms with Crippen LogP contribution >= 0.6 is 11.8 Å². The number of thioether (sulfide) groups is 1. The molecule has 0 saturated carbocycles. The maximum absolute atomic E-state index is 14.1. The lowest BCUT2D eigenvalue weighted by Crippen LogP contribution is -2.23. The number of hydrogen-bond donors (Lipinski definition) is 3. The van der Waals surface area contributed by atoms with Crippen molar-refractivity contribution in [3.05, 3.63) is 35.1 Å². The van der Waals surface area contributed by atoms with Gasteiger partial charge in [0, 0.05) is 12.1 Å². The normalized spacial score (nSPS) is 13.5. The van der Waals surface area contributed by atoms with Crippen LogP contribution in [0.1, 0.15) is 18.1 Å². The molecule has 0 aliphatic carbocycles. The third-order valence-electron chi connectivity index (χ3n) is 2.72. The van der Waals surface area contributed by atoms with E-state index < -0.39 is 5.82 Å². The van der Waals surface area contributed by atoms with Gasteiger partial charge in [0.15, 0.2) is 5.84 Å². The van der Waals surface area contributed by atoms with Gasteiger partial charge >= 0.3 is 0 Å². The Kier molecular flexibility index (Phi) is 6.66. The summed E-state index contributed by atoms with van der Waals surface area (Å²) in [5.41, 5.74) is 6.06. The number of rotatable bonds is 7. The first kappa shape index (κ1) is 15.8. The van der Waals surface area contributed by atoms with Crippen molar-refractivity contribution in [2.75, 3.05) is 18.6 Å². The van der Waals surface area contributed by atoms with Crippen molar-refractivity contribution in [2.45, 2.75) is 13.5 Å². The molecule has 0 fully saturated rings. The van der Waals surface area contributed by atoms with E-state index >= 15 is 0 Å². The average Bonchev–Trinajstić information content (AvgIpc) is 2.40. The van der Waals surface area contributed by atoms with Gasteiger partial charge in [-0.1, -0.05) is 24.2 Å². The van der Waals surface area contributed by atoms with Gasteiger partial charge in [0.2, 0.25) is 0 Å². The molecule has 1 aromatic rings. The van der Waals surface area contributed by atoms with Crippen molar-refractivity contribution in [1.29, 1.82) is 0 Å². The molecule has 4 N–H and O–H groups in total. The molecule has 0 aliphatic rings. The third kappa shape index (κ3) is 4.72. The van der Waals surface area contributed by atoms with E-state index in [-0.39, 0.29) is 11.4 Å². The summed E-state index contributed by atoms with van der Waals surface area (Å²) in [7, 11) is 0. The molecule has 1 aromatic carbocycles. The Bertz CT molecular complexity index is 440. The van der Waals surface area contributed by atoms with E-state index in [2.05, 4.69) is 23.7 Å². The fraction of sp³-hybridized carbons (Fsp3) is 0.462. The maximum atomic E-state index is 14.1. The molecule has 0 bridgehead atoms. The fourth-order valence-corrected chi connectivity index (χ4v) is 2.45. The average molecular weight is 285 g/mol. The van der Waals surface area contributed by atoms with Gasteiger partial charge in [-0.3, -0.25) is 0 Å². The Morgan fingerprint density at radius 1 is 1.58 bits per heavy atom. The van der Waals surface area contributed by atoms with Crippen LogP contribution in [0.3, 0.4) is 0 Å². The highest BCUT2D eigenvalue weighted by molar-refractivity contribution is 7.98. The lowest BCUT2D eigenvalue weighted by Gasteiger charge is -2.12. The zero-order valence-corrected chi connectivity index (χ0v) is 12.0. The van der Waals surface area contributed by atoms with Gasteiger partial charge in [-0.2, -0.15) is 11.8 Å². The van der Waals surface area contributed by atoms with Crippen LogP contribution in [0.5, 0.6) is 0 Å². The fourth-order valence-electron chi connectivity index (χ4n) is 1.76. The van der Waals surface area contributed by atoms with Crippen LogP contribution in [0.2, 0.25) is 0 Å². The summed E-state index contributed by atoms with van der Waals surface area (Å²) in [6.45, 7) is 3.40. The Balaban J connectivity index is 2.64. The van der Waals surface area contributed by atoms with E-state index in [4.69, 9.17) is 10.9 Å². The standard InChI is InChI=1S/C13H20FN3OS/c1-9(8-19-2)6-16-7-10-4-3-5-11(12(10)14)13(15)17-18/h3-5,9,16,18H,6-8H2,1-2H3,(H2,15,17). The van der Waals surface area contributed by atoms with Crippen LogP contribution in [-0.4, -0.2) is 29.6 Å². The van der Waals surface area contributed by atoms with Crippen molar-refractivity contribution >= 4 is 17.6 Å². The first-order valence-electron chi connectivity index (χ1n) is 6.05. The van der Waals surface area contributed by atoms with Gasteiger partial charge in [0.05, 0.1) is 5.56 Å². The quantitative estimate of drug-likeness (QED) is 0.310. The summed E-state index contributed by atoms with van der Waals surface area (Å²) in [5, 5.41) is 14.6. The van der Waals surface area contributed by atoms with E-state index in [0.717, 1.165) is 12.3 Å². The number of nitrogens with one attached hydrogen (secondary N) is 1. The Labute approximate surface area is 117 Å². The molecular formula is C13H20FN3OS. The van der Waals surface area contributed by atoms with E-state index in [1.807, 2.05) is 0 Å². The van der Waals surface area contributed by atoms with Gasteiger partial charge < -0.3 is 16.3 Å². The summed E-state index contributed by atoms with van der Waals surface area (Å²) in [4.78, 5) is 0. The number of oxime groups is 1. The number of benzene rings is 1. The second kappa shape index (κ2) is 8.01. The predicted molar refractivity (Wildman–Crippen MR) is 78.2 cm³/mol. The minimum atomic E-state index is -0.442. The third-order valence-corrected chi connectivity index (χ3v) is 3.62. The smallest absolute Gasteiger partial charge is 0.173 e. The molecule has 106 valence electrons. The molecule has 4 nitrogen and oxygen atoms in total. The molecular weight excluding hydrogens is 265 g/mol. The van der Waals surface area contributed by atoms with Gasteiger partial charge in [-0.05, 0) is 30.5 Å². The molecule has 0 aliphatic heterocycles. The molecule has 1 atom stereocenters. The van der Waals surface area contributed by atoms with Crippen molar-refractivity contribution in [1.82, 2.24) is 5.32 Å². The first-order valence-corrected chi connectivity index (χ1v) is 7.44. The molecule has 0 saturated heterocycles. The van der Waals surface area contributed by atoms with Crippen LogP contribution in [0.15, 0.2) is 23.4 Å². The summed E-state index contributed by atoms with van der Waals surface area (Å²) in [6, 6.07) is 4.87. The number of nitrogens with two attached hydrogens (primary N) is 1. The maximum Gasteiger partial charge on any atom is 0.173 e. The SMILES string of the molecule is CSCC(C)CNCc1cccc(/C(N)=N/O)c1F. The topological polar surface area (TPSA) is 70.6 Å². The predicted octanol–water partition coefficient (Wildman–Crippen LogP) is 2.01. The number of amidine groups is 1. The lowest BCUT2D eigenvalue weighted by molar-refractivity contribution is 0.318. The molecule has 0 spiro atoms. The van der Waals surface area contributed by atoms with Crippen LogP contribution in [-0.2, 0) is 6.54 Å². The number of halogens is 1. The summed E-state index contributed by atoms with van der Waals surface area (Å²) >= 11 is 1.79. The van der Waals surface area contributed by atoms with E-state index in [1.54, 1.807) is 23.9 Å². The monoisotopic (exact) mass is 285 g/mol. The Hall–Kier alpha value is -1.27. The molecule has 6 heteroatoms. The largest absolute Gasteiger partial charge is 0.409 e. The lowest BCUT2D eigenvalue weighted by atomic mass is 10.1. The molecule has 19 heavy (non-hydrogen) atoms. The van der Waals surface area contributed by atoms with Gasteiger partial charge in [0.25, 0.3) is 0 Å². The Morgan fingerprint density at radius 3 is 2.95 bits per heavy atom. The minimum Gasteiger partial charge on any atom is -0.409 e. The Morgan fingerprint density at radius 2 is 2.32 bits per heavy atom. The zero-order chi connectivity index (χ0) is 14.3. The summed E-state index contributed by atoms with van der Waals surface area (Å²) in [6.07, 6.45) is 2.07. The van der Waals surface area contributed by atoms with Crippen LogP contribution < -0.4 is 11.1 Å². The van der Waals surface area contributed by atoms with E-state index in [9.17, 15) is 4.39 Å². The highest BCUT2D eigenvalue weighted by Crippen LogP contribution is 2.13. The number of hydrogen-bond acceptors (Lipinski definition) is 4. The first-order chi connectivity index (χ1) is 9.10. The van der Waals surface area contributed by atoms with Crippen LogP contribution in [0.4, 0.5) is 4.39 Å². The summed E-state index contributed by atoms with van der Waals surface area (Å²) < 4.78 is 14.1. The van der Waals surface area contributed by atoms with Crippen molar-refractivity contribution in [3.63, 3.8) is 0 Å². The minimum absolute atomic E-state index is 0.124. The molecule has 0 radical (unpaired) electrons. The van der Waals surface area contributed by atoms with Gasteiger partial charge in [-0.25, -0.2) is 4.39 Å². The van der Waals surface area contributed by atoms with Crippen LogP contribution in [0, 0.1) is 11.7 Å². The molecule has 1 unspecified atom stereocenters. The van der Waals surface area contributed by atoms with E-state index in [0.29, 0.717) is 18.0 Å². The van der Waals surface area contributed by atoms with Crippen molar-refractivity contribution in [3.8, 4) is 0 Å². The zero-order valence-electron chi connectivity index (χ0n) is 11.2. The molecule has 0 heterocycles. The van der Waals surface area contributed by atoms with Crippen LogP contribution in [0.25, 0.3) is 0 Å². The van der Waals surface area contributed by atoms with Gasteiger partial charge in [-0.15, -0.1) is 0 Å². The van der Waals surface area contributed by atoms with Crippen molar-refractivity contribution in [2.24, 2.45) is 16.8 Å². The second-order valence-corrected chi connectivity index (χ2v) is 5.37. The van der Waals surface area contributed by atoms with Crippen molar-refractivity contribution < 1.29 is 9.60 Å².